The van der Waals surface area contributed by atoms with Crippen LogP contribution in [0, 0.1) is 5.82 Å². The quantitative estimate of drug-likeness (QED) is 0.814. The molecule has 0 radical (unpaired) electrons. The van der Waals surface area contributed by atoms with Gasteiger partial charge in [0.2, 0.25) is 0 Å². The summed E-state index contributed by atoms with van der Waals surface area (Å²) in [5.74, 6) is -1.18. The molecule has 18 heavy (non-hydrogen) atoms. The fraction of sp³-hybridized carbons (Fsp3) is 0.357. The Balaban J connectivity index is 2.35. The van der Waals surface area contributed by atoms with Gasteiger partial charge in [0.05, 0.1) is 5.52 Å². The van der Waals surface area contributed by atoms with Crippen LogP contribution in [0.1, 0.15) is 31.0 Å². The average Bonchev–Trinajstić information content (AvgIpc) is 2.71. The molecule has 1 unspecified atom stereocenters. The minimum Gasteiger partial charge on any atom is -0.481 e. The molecule has 0 spiro atoms. The first-order valence-corrected chi connectivity index (χ1v) is 6.07. The third-order valence-electron chi connectivity index (χ3n) is 4.02. The molecule has 0 saturated carbocycles. The number of aromatic nitrogens is 1. The van der Waals surface area contributed by atoms with Gasteiger partial charge in [-0.25, -0.2) is 4.39 Å². The van der Waals surface area contributed by atoms with Crippen molar-refractivity contribution in [3.63, 3.8) is 0 Å². The van der Waals surface area contributed by atoms with Crippen LogP contribution in [0.5, 0.6) is 0 Å². The van der Waals surface area contributed by atoms with Crippen molar-refractivity contribution in [2.24, 2.45) is 0 Å². The first kappa shape index (κ1) is 11.3. The number of aryl methyl sites for hydroxylation is 1. The zero-order valence-electron chi connectivity index (χ0n) is 10.1. The van der Waals surface area contributed by atoms with E-state index in [1.54, 1.807) is 13.0 Å². The van der Waals surface area contributed by atoms with Crippen molar-refractivity contribution in [2.45, 2.75) is 31.6 Å². The summed E-state index contributed by atoms with van der Waals surface area (Å²) in [6, 6.07) is 4.90. The van der Waals surface area contributed by atoms with Gasteiger partial charge in [0.1, 0.15) is 11.2 Å². The number of halogens is 1. The molecule has 3 nitrogen and oxygen atoms in total. The highest BCUT2D eigenvalue weighted by molar-refractivity contribution is 5.90. The number of carboxylic acids is 1. The highest BCUT2D eigenvalue weighted by Crippen LogP contribution is 2.40. The molecule has 0 aliphatic heterocycles. The van der Waals surface area contributed by atoms with Crippen molar-refractivity contribution >= 4 is 16.9 Å². The summed E-state index contributed by atoms with van der Waals surface area (Å²) >= 11 is 0. The third kappa shape index (κ3) is 1.32. The largest absolute Gasteiger partial charge is 0.481 e. The van der Waals surface area contributed by atoms with Gasteiger partial charge in [-0.2, -0.15) is 0 Å². The van der Waals surface area contributed by atoms with E-state index in [0.29, 0.717) is 17.6 Å². The molecule has 1 aromatic heterocycles. The number of nitrogens with one attached hydrogen (secondary N) is 1. The monoisotopic (exact) mass is 247 g/mol. The van der Waals surface area contributed by atoms with E-state index in [4.69, 9.17) is 0 Å². The smallest absolute Gasteiger partial charge is 0.315 e. The Morgan fingerprint density at radius 3 is 3.00 bits per heavy atom. The van der Waals surface area contributed by atoms with E-state index in [0.717, 1.165) is 23.8 Å². The molecule has 0 amide bonds. The number of aliphatic carboxylic acids is 1. The third-order valence-corrected chi connectivity index (χ3v) is 4.02. The molecule has 3 rings (SSSR count). The van der Waals surface area contributed by atoms with Crippen LogP contribution in [-0.2, 0) is 16.6 Å². The summed E-state index contributed by atoms with van der Waals surface area (Å²) in [5.41, 5.74) is 1.12. The number of hydrogen-bond donors (Lipinski definition) is 2. The molecule has 1 aromatic carbocycles. The number of carboxylic acid groups (broad SMARTS) is 1. The second kappa shape index (κ2) is 3.57. The highest BCUT2D eigenvalue weighted by atomic mass is 19.1. The maximum Gasteiger partial charge on any atom is 0.315 e. The fourth-order valence-electron chi connectivity index (χ4n) is 2.93. The number of carbonyl (C=O) groups is 1. The topological polar surface area (TPSA) is 53.1 Å². The zero-order valence-corrected chi connectivity index (χ0v) is 10.1. The van der Waals surface area contributed by atoms with E-state index >= 15 is 0 Å². The standard InChI is InChI=1S/C14H14FNO2/c1-14(13(17)18)7-3-5-9-8-4-2-6-10(15)11(8)16-12(9)14/h2,4,6,16H,3,5,7H2,1H3,(H,17,18). The molecule has 94 valence electrons. The van der Waals surface area contributed by atoms with Crippen LogP contribution in [0.3, 0.4) is 0 Å². The molecule has 1 atom stereocenters. The average molecular weight is 247 g/mol. The SMILES string of the molecule is CC1(C(=O)O)CCCc2c1[nH]c1c(F)cccc21. The van der Waals surface area contributed by atoms with Gasteiger partial charge >= 0.3 is 5.97 Å². The Bertz CT molecular complexity index is 647. The summed E-state index contributed by atoms with van der Waals surface area (Å²) in [4.78, 5) is 14.5. The minimum absolute atomic E-state index is 0.324. The second-order valence-electron chi connectivity index (χ2n) is 5.13. The Morgan fingerprint density at radius 2 is 2.28 bits per heavy atom. The van der Waals surface area contributed by atoms with Crippen molar-refractivity contribution in [1.29, 1.82) is 0 Å². The van der Waals surface area contributed by atoms with Gasteiger partial charge < -0.3 is 10.1 Å². The van der Waals surface area contributed by atoms with Crippen LogP contribution in [0.15, 0.2) is 18.2 Å². The Hall–Kier alpha value is -1.84. The summed E-state index contributed by atoms with van der Waals surface area (Å²) < 4.78 is 13.7. The molecular weight excluding hydrogens is 233 g/mol. The molecule has 1 aliphatic carbocycles. The lowest BCUT2D eigenvalue weighted by Gasteiger charge is -2.29. The number of hydrogen-bond acceptors (Lipinski definition) is 1. The number of para-hydroxylation sites is 1. The predicted molar refractivity (Wildman–Crippen MR) is 66.2 cm³/mol. The van der Waals surface area contributed by atoms with Gasteiger partial charge in [0.15, 0.2) is 0 Å². The number of rotatable bonds is 1. The molecule has 2 aromatic rings. The maximum absolute atomic E-state index is 13.7. The van der Waals surface area contributed by atoms with Crippen molar-refractivity contribution in [3.8, 4) is 0 Å². The van der Waals surface area contributed by atoms with E-state index in [1.165, 1.54) is 6.07 Å². The number of aromatic amines is 1. The van der Waals surface area contributed by atoms with E-state index in [2.05, 4.69) is 4.98 Å². The molecule has 0 fully saturated rings. The molecule has 0 bridgehead atoms. The van der Waals surface area contributed by atoms with Crippen LogP contribution in [0.2, 0.25) is 0 Å². The van der Waals surface area contributed by atoms with Gasteiger partial charge in [-0.05, 0) is 37.8 Å². The van der Waals surface area contributed by atoms with Gasteiger partial charge in [-0.1, -0.05) is 12.1 Å². The first-order chi connectivity index (χ1) is 8.54. The van der Waals surface area contributed by atoms with Crippen LogP contribution in [0.25, 0.3) is 10.9 Å². The second-order valence-corrected chi connectivity index (χ2v) is 5.13. The Morgan fingerprint density at radius 1 is 1.50 bits per heavy atom. The van der Waals surface area contributed by atoms with Crippen LogP contribution in [-0.4, -0.2) is 16.1 Å². The maximum atomic E-state index is 13.7. The predicted octanol–water partition coefficient (Wildman–Crippen LogP) is 2.99. The summed E-state index contributed by atoms with van der Waals surface area (Å²) in [5, 5.41) is 10.2. The van der Waals surface area contributed by atoms with E-state index < -0.39 is 11.4 Å². The van der Waals surface area contributed by atoms with Crippen molar-refractivity contribution < 1.29 is 14.3 Å². The summed E-state index contributed by atoms with van der Waals surface area (Å²) in [6.45, 7) is 1.71. The first-order valence-electron chi connectivity index (χ1n) is 6.07. The molecular formula is C14H14FNO2. The summed E-state index contributed by atoms with van der Waals surface area (Å²) in [6.07, 6.45) is 2.21. The molecule has 1 aliphatic rings. The van der Waals surface area contributed by atoms with E-state index in [1.807, 2.05) is 6.07 Å². The number of benzene rings is 1. The fourth-order valence-corrected chi connectivity index (χ4v) is 2.93. The normalized spacial score (nSPS) is 23.0. The lowest BCUT2D eigenvalue weighted by atomic mass is 9.75. The van der Waals surface area contributed by atoms with E-state index in [9.17, 15) is 14.3 Å². The molecule has 1 heterocycles. The Kier molecular flexibility index (Phi) is 2.24. The minimum atomic E-state index is -0.932. The van der Waals surface area contributed by atoms with Crippen molar-refractivity contribution in [1.82, 2.24) is 4.98 Å². The highest BCUT2D eigenvalue weighted by Gasteiger charge is 2.41. The summed E-state index contributed by atoms with van der Waals surface area (Å²) in [7, 11) is 0. The Labute approximate surface area is 104 Å². The van der Waals surface area contributed by atoms with Crippen LogP contribution < -0.4 is 0 Å². The molecule has 2 N–H and O–H groups in total. The lowest BCUT2D eigenvalue weighted by molar-refractivity contribution is -0.143. The number of fused-ring (bicyclic) bond motifs is 3. The molecule has 4 heteroatoms. The van der Waals surface area contributed by atoms with Crippen molar-refractivity contribution in [3.05, 3.63) is 35.3 Å². The van der Waals surface area contributed by atoms with Gasteiger partial charge in [0, 0.05) is 11.1 Å². The number of H-pyrrole nitrogens is 1. The van der Waals surface area contributed by atoms with Gasteiger partial charge in [-0.15, -0.1) is 0 Å². The molecule has 0 saturated heterocycles. The van der Waals surface area contributed by atoms with Crippen LogP contribution in [0.4, 0.5) is 4.39 Å². The zero-order chi connectivity index (χ0) is 12.9. The lowest BCUT2D eigenvalue weighted by Crippen LogP contribution is -2.36. The van der Waals surface area contributed by atoms with Crippen LogP contribution >= 0.6 is 0 Å². The van der Waals surface area contributed by atoms with E-state index in [-0.39, 0.29) is 5.82 Å². The van der Waals surface area contributed by atoms with Crippen molar-refractivity contribution in [2.75, 3.05) is 0 Å². The van der Waals surface area contributed by atoms with Gasteiger partial charge in [-0.3, -0.25) is 4.79 Å². The van der Waals surface area contributed by atoms with Gasteiger partial charge in [0.25, 0.3) is 0 Å².